The minimum Gasteiger partial charge on any atom is -0.389 e. The molecular formula is C18H29NO3S. The molecule has 1 aromatic rings. The molecule has 5 heteroatoms. The summed E-state index contributed by atoms with van der Waals surface area (Å²) in [5, 5.41) is 10.2. The second kappa shape index (κ2) is 6.91. The van der Waals surface area contributed by atoms with Crippen LogP contribution in [0.2, 0.25) is 0 Å². The van der Waals surface area contributed by atoms with Crippen molar-refractivity contribution in [3.8, 4) is 0 Å². The first kappa shape index (κ1) is 18.4. The minimum atomic E-state index is -3.35. The zero-order valence-corrected chi connectivity index (χ0v) is 15.2. The van der Waals surface area contributed by atoms with Crippen LogP contribution < -0.4 is 4.72 Å². The first-order valence-electron chi connectivity index (χ1n) is 8.39. The molecule has 1 fully saturated rings. The molecule has 130 valence electrons. The van der Waals surface area contributed by atoms with E-state index in [4.69, 9.17) is 0 Å². The van der Waals surface area contributed by atoms with Gasteiger partial charge in [-0.1, -0.05) is 57.9 Å². The van der Waals surface area contributed by atoms with Gasteiger partial charge in [0.05, 0.1) is 11.4 Å². The molecule has 1 saturated carbocycles. The maximum absolute atomic E-state index is 12.1. The highest BCUT2D eigenvalue weighted by molar-refractivity contribution is 7.89. The number of sulfonamides is 1. The van der Waals surface area contributed by atoms with E-state index in [-0.39, 0.29) is 17.7 Å². The molecule has 0 bridgehead atoms. The summed E-state index contributed by atoms with van der Waals surface area (Å²) in [6, 6.07) is 8.13. The molecule has 0 aliphatic heterocycles. The Morgan fingerprint density at radius 2 is 1.70 bits per heavy atom. The standard InChI is InChI=1S/C18H29NO3S/c1-17(2,3)16-8-6-15(7-9-16)10-13-23(21,22)19-14-18(20)11-4-5-12-18/h6-9,19-20H,4-5,10-14H2,1-3H3. The van der Waals surface area contributed by atoms with Crippen LogP contribution in [-0.2, 0) is 21.9 Å². The number of rotatable bonds is 6. The Hall–Kier alpha value is -0.910. The van der Waals surface area contributed by atoms with Crippen LogP contribution in [0.5, 0.6) is 0 Å². The van der Waals surface area contributed by atoms with Crippen LogP contribution in [0.1, 0.15) is 57.6 Å². The average molecular weight is 340 g/mol. The van der Waals surface area contributed by atoms with Crippen LogP contribution in [0.25, 0.3) is 0 Å². The van der Waals surface area contributed by atoms with E-state index in [1.165, 1.54) is 5.56 Å². The summed E-state index contributed by atoms with van der Waals surface area (Å²) in [6.07, 6.45) is 3.79. The van der Waals surface area contributed by atoms with Gasteiger partial charge in [-0.25, -0.2) is 13.1 Å². The van der Waals surface area contributed by atoms with Gasteiger partial charge in [0, 0.05) is 6.54 Å². The van der Waals surface area contributed by atoms with E-state index in [9.17, 15) is 13.5 Å². The fourth-order valence-corrected chi connectivity index (χ4v) is 4.09. The second-order valence-corrected chi connectivity index (χ2v) is 9.69. The summed E-state index contributed by atoms with van der Waals surface area (Å²) in [5.74, 6) is 0.0535. The van der Waals surface area contributed by atoms with Gasteiger partial charge in [-0.3, -0.25) is 0 Å². The van der Waals surface area contributed by atoms with Gasteiger partial charge in [-0.15, -0.1) is 0 Å². The first-order valence-corrected chi connectivity index (χ1v) is 10.0. The van der Waals surface area contributed by atoms with E-state index in [0.717, 1.165) is 18.4 Å². The molecule has 2 N–H and O–H groups in total. The number of hydrogen-bond donors (Lipinski definition) is 2. The van der Waals surface area contributed by atoms with Crippen LogP contribution in [0, 0.1) is 0 Å². The van der Waals surface area contributed by atoms with E-state index in [0.29, 0.717) is 19.3 Å². The predicted molar refractivity (Wildman–Crippen MR) is 94.1 cm³/mol. The monoisotopic (exact) mass is 339 g/mol. The summed E-state index contributed by atoms with van der Waals surface area (Å²) in [6.45, 7) is 6.61. The smallest absolute Gasteiger partial charge is 0.212 e. The Labute approximate surface area is 140 Å². The van der Waals surface area contributed by atoms with E-state index < -0.39 is 15.6 Å². The molecule has 0 aromatic heterocycles. The van der Waals surface area contributed by atoms with Gasteiger partial charge in [0.15, 0.2) is 0 Å². The van der Waals surface area contributed by atoms with Crippen molar-refractivity contribution in [1.29, 1.82) is 0 Å². The van der Waals surface area contributed by atoms with Crippen molar-refractivity contribution in [3.63, 3.8) is 0 Å². The predicted octanol–water partition coefficient (Wildman–Crippen LogP) is 2.75. The van der Waals surface area contributed by atoms with Crippen LogP contribution in [-0.4, -0.2) is 31.4 Å². The number of nitrogens with one attached hydrogen (secondary N) is 1. The van der Waals surface area contributed by atoms with Crippen molar-refractivity contribution >= 4 is 10.0 Å². The van der Waals surface area contributed by atoms with Gasteiger partial charge in [-0.05, 0) is 35.8 Å². The van der Waals surface area contributed by atoms with Crippen molar-refractivity contribution < 1.29 is 13.5 Å². The van der Waals surface area contributed by atoms with E-state index in [1.54, 1.807) is 0 Å². The minimum absolute atomic E-state index is 0.0535. The zero-order valence-electron chi connectivity index (χ0n) is 14.4. The molecule has 0 radical (unpaired) electrons. The average Bonchev–Trinajstić information content (AvgIpc) is 2.90. The molecular weight excluding hydrogens is 310 g/mol. The molecule has 1 aliphatic rings. The van der Waals surface area contributed by atoms with E-state index >= 15 is 0 Å². The Morgan fingerprint density at radius 1 is 1.13 bits per heavy atom. The van der Waals surface area contributed by atoms with Gasteiger partial charge < -0.3 is 5.11 Å². The highest BCUT2D eigenvalue weighted by Gasteiger charge is 2.32. The fourth-order valence-electron chi connectivity index (χ4n) is 2.95. The van der Waals surface area contributed by atoms with Crippen molar-refractivity contribution in [2.75, 3.05) is 12.3 Å². The van der Waals surface area contributed by atoms with Gasteiger partial charge >= 0.3 is 0 Å². The summed E-state index contributed by atoms with van der Waals surface area (Å²) in [5.41, 5.74) is 1.51. The summed E-state index contributed by atoms with van der Waals surface area (Å²) >= 11 is 0. The highest BCUT2D eigenvalue weighted by Crippen LogP contribution is 2.28. The fraction of sp³-hybridized carbons (Fsp3) is 0.667. The maximum atomic E-state index is 12.1. The van der Waals surface area contributed by atoms with Crippen molar-refractivity contribution in [2.24, 2.45) is 0 Å². The third kappa shape index (κ3) is 5.59. The lowest BCUT2D eigenvalue weighted by molar-refractivity contribution is 0.0532. The molecule has 0 spiro atoms. The summed E-state index contributed by atoms with van der Waals surface area (Å²) in [7, 11) is -3.35. The molecule has 23 heavy (non-hydrogen) atoms. The normalized spacial score (nSPS) is 18.3. The first-order chi connectivity index (χ1) is 10.6. The van der Waals surface area contributed by atoms with Crippen molar-refractivity contribution in [2.45, 2.75) is 63.9 Å². The lowest BCUT2D eigenvalue weighted by Crippen LogP contribution is -2.41. The van der Waals surface area contributed by atoms with Crippen LogP contribution >= 0.6 is 0 Å². The molecule has 1 aromatic carbocycles. The van der Waals surface area contributed by atoms with Crippen molar-refractivity contribution in [1.82, 2.24) is 4.72 Å². The van der Waals surface area contributed by atoms with Crippen LogP contribution in [0.3, 0.4) is 0 Å². The zero-order chi connectivity index (χ0) is 17.1. The molecule has 0 atom stereocenters. The number of aliphatic hydroxyl groups is 1. The van der Waals surface area contributed by atoms with Gasteiger partial charge in [0.25, 0.3) is 0 Å². The quantitative estimate of drug-likeness (QED) is 0.837. The van der Waals surface area contributed by atoms with Gasteiger partial charge in [0.1, 0.15) is 0 Å². The summed E-state index contributed by atoms with van der Waals surface area (Å²) in [4.78, 5) is 0. The molecule has 0 amide bonds. The highest BCUT2D eigenvalue weighted by atomic mass is 32.2. The van der Waals surface area contributed by atoms with E-state index in [1.807, 2.05) is 12.1 Å². The third-order valence-electron chi connectivity index (χ3n) is 4.63. The Kier molecular flexibility index (Phi) is 5.54. The number of benzene rings is 1. The van der Waals surface area contributed by atoms with E-state index in [2.05, 4.69) is 37.6 Å². The molecule has 1 aliphatic carbocycles. The molecule has 0 unspecified atom stereocenters. The molecule has 4 nitrogen and oxygen atoms in total. The second-order valence-electron chi connectivity index (χ2n) is 7.77. The summed E-state index contributed by atoms with van der Waals surface area (Å²) < 4.78 is 26.8. The Morgan fingerprint density at radius 3 is 2.22 bits per heavy atom. The molecule has 0 heterocycles. The molecule has 0 saturated heterocycles. The van der Waals surface area contributed by atoms with Crippen molar-refractivity contribution in [3.05, 3.63) is 35.4 Å². The maximum Gasteiger partial charge on any atom is 0.212 e. The largest absolute Gasteiger partial charge is 0.389 e. The number of aryl methyl sites for hydroxylation is 1. The lowest BCUT2D eigenvalue weighted by atomic mass is 9.86. The Bertz CT molecular complexity index is 609. The molecule has 2 rings (SSSR count). The van der Waals surface area contributed by atoms with Crippen LogP contribution in [0.4, 0.5) is 0 Å². The SMILES string of the molecule is CC(C)(C)c1ccc(CCS(=O)(=O)NCC2(O)CCCC2)cc1. The van der Waals surface area contributed by atoms with Gasteiger partial charge in [0.2, 0.25) is 10.0 Å². The third-order valence-corrected chi connectivity index (χ3v) is 5.96. The topological polar surface area (TPSA) is 66.4 Å². The van der Waals surface area contributed by atoms with Gasteiger partial charge in [-0.2, -0.15) is 0 Å². The number of hydrogen-bond acceptors (Lipinski definition) is 3. The Balaban J connectivity index is 1.86. The van der Waals surface area contributed by atoms with Crippen LogP contribution in [0.15, 0.2) is 24.3 Å². The lowest BCUT2D eigenvalue weighted by Gasteiger charge is -2.22.